The molecule has 26 heavy (non-hydrogen) atoms. The molecule has 136 valence electrons. The predicted molar refractivity (Wildman–Crippen MR) is 101 cm³/mol. The van der Waals surface area contributed by atoms with Gasteiger partial charge in [-0.15, -0.1) is 0 Å². The van der Waals surface area contributed by atoms with Gasteiger partial charge in [-0.1, -0.05) is 18.2 Å². The van der Waals surface area contributed by atoms with Crippen molar-refractivity contribution in [1.29, 1.82) is 0 Å². The minimum Gasteiger partial charge on any atom is -0.384 e. The van der Waals surface area contributed by atoms with E-state index in [1.165, 1.54) is 17.7 Å². The summed E-state index contributed by atoms with van der Waals surface area (Å²) >= 11 is 0. The van der Waals surface area contributed by atoms with Crippen molar-refractivity contribution in [3.8, 4) is 0 Å². The van der Waals surface area contributed by atoms with E-state index in [1.807, 2.05) is 12.1 Å². The van der Waals surface area contributed by atoms with E-state index in [-0.39, 0.29) is 22.3 Å². The van der Waals surface area contributed by atoms with Crippen LogP contribution in [0.15, 0.2) is 53.4 Å². The Kier molecular flexibility index (Phi) is 4.00. The summed E-state index contributed by atoms with van der Waals surface area (Å²) in [5.41, 5.74) is 2.95. The molecule has 1 saturated heterocycles. The van der Waals surface area contributed by atoms with E-state index in [9.17, 15) is 13.2 Å². The van der Waals surface area contributed by atoms with Crippen molar-refractivity contribution in [2.24, 2.45) is 0 Å². The Balaban J connectivity index is 1.46. The molecule has 2 aliphatic heterocycles. The van der Waals surface area contributed by atoms with Gasteiger partial charge < -0.3 is 16.0 Å². The molecular weight excluding hydrogens is 350 g/mol. The molecule has 1 amide bonds. The quantitative estimate of drug-likeness (QED) is 0.765. The van der Waals surface area contributed by atoms with E-state index in [2.05, 4.69) is 28.1 Å². The van der Waals surface area contributed by atoms with Crippen LogP contribution >= 0.6 is 0 Å². The maximum atomic E-state index is 12.6. The minimum atomic E-state index is -3.24. The molecule has 0 saturated carbocycles. The van der Waals surface area contributed by atoms with Crippen LogP contribution in [-0.2, 0) is 20.0 Å². The zero-order chi connectivity index (χ0) is 18.4. The molecule has 3 N–H and O–H groups in total. The summed E-state index contributed by atoms with van der Waals surface area (Å²) in [6, 6.07) is 14.2. The summed E-state index contributed by atoms with van der Waals surface area (Å²) < 4.78 is 23.0. The molecule has 2 aliphatic rings. The van der Waals surface area contributed by atoms with Crippen molar-refractivity contribution in [2.75, 3.05) is 30.0 Å². The Hall–Kier alpha value is -2.38. The molecule has 7 heteroatoms. The Labute approximate surface area is 152 Å². The molecule has 6 nitrogen and oxygen atoms in total. The van der Waals surface area contributed by atoms with Crippen LogP contribution in [0.1, 0.15) is 12.0 Å². The predicted octanol–water partition coefficient (Wildman–Crippen LogP) is 1.75. The van der Waals surface area contributed by atoms with Gasteiger partial charge in [-0.05, 0) is 42.3 Å². The second kappa shape index (κ2) is 6.10. The van der Waals surface area contributed by atoms with Crippen molar-refractivity contribution in [3.63, 3.8) is 0 Å². The lowest BCUT2D eigenvalue weighted by Crippen LogP contribution is -2.35. The minimum absolute atomic E-state index is 0.0568. The molecule has 0 radical (unpaired) electrons. The largest absolute Gasteiger partial charge is 0.384 e. The lowest BCUT2D eigenvalue weighted by molar-refractivity contribution is -0.117. The maximum Gasteiger partial charge on any atom is 0.241 e. The van der Waals surface area contributed by atoms with Gasteiger partial charge in [0.15, 0.2) is 9.84 Å². The van der Waals surface area contributed by atoms with Crippen molar-refractivity contribution >= 4 is 27.1 Å². The van der Waals surface area contributed by atoms with Crippen molar-refractivity contribution in [1.82, 2.24) is 5.32 Å². The molecule has 2 aromatic rings. The van der Waals surface area contributed by atoms with Crippen LogP contribution < -0.4 is 16.0 Å². The zero-order valence-corrected chi connectivity index (χ0v) is 15.3. The van der Waals surface area contributed by atoms with E-state index in [0.29, 0.717) is 5.69 Å². The first kappa shape index (κ1) is 17.1. The van der Waals surface area contributed by atoms with Gasteiger partial charge in [0.1, 0.15) is 0 Å². The fraction of sp³-hybridized carbons (Fsp3) is 0.316. The molecular formula is C19H21N3O3S. The first-order chi connectivity index (χ1) is 12.4. The van der Waals surface area contributed by atoms with Crippen molar-refractivity contribution < 1.29 is 13.2 Å². The lowest BCUT2D eigenvalue weighted by Gasteiger charge is -2.22. The van der Waals surface area contributed by atoms with Crippen LogP contribution in [0.2, 0.25) is 0 Å². The van der Waals surface area contributed by atoms with Crippen molar-refractivity contribution in [2.45, 2.75) is 22.8 Å². The number of para-hydroxylation sites is 1. The summed E-state index contributed by atoms with van der Waals surface area (Å²) in [5.74, 6) is -0.0987. The summed E-state index contributed by atoms with van der Waals surface area (Å²) in [6.45, 7) is 1.58. The molecule has 2 atom stereocenters. The number of benzene rings is 2. The Morgan fingerprint density at radius 3 is 2.58 bits per heavy atom. The number of carbonyl (C=O) groups excluding carboxylic acids is 1. The Morgan fingerprint density at radius 2 is 1.85 bits per heavy atom. The van der Waals surface area contributed by atoms with Crippen LogP contribution in [0.25, 0.3) is 0 Å². The number of hydrogen-bond acceptors (Lipinski definition) is 5. The van der Waals surface area contributed by atoms with Gasteiger partial charge in [-0.2, -0.15) is 0 Å². The van der Waals surface area contributed by atoms with Crippen LogP contribution in [0, 0.1) is 0 Å². The number of rotatable bonds is 3. The molecule has 1 fully saturated rings. The first-order valence-corrected chi connectivity index (χ1v) is 10.4. The number of hydrogen-bond donors (Lipinski definition) is 3. The fourth-order valence-corrected chi connectivity index (χ4v) is 4.48. The number of amides is 1. The van der Waals surface area contributed by atoms with Gasteiger partial charge >= 0.3 is 0 Å². The van der Waals surface area contributed by atoms with Crippen LogP contribution in [0.4, 0.5) is 11.4 Å². The van der Waals surface area contributed by atoms with Gasteiger partial charge in [0.25, 0.3) is 0 Å². The van der Waals surface area contributed by atoms with Gasteiger partial charge in [0.05, 0.1) is 10.9 Å². The molecule has 1 spiro atoms. The zero-order valence-electron chi connectivity index (χ0n) is 14.5. The molecule has 0 bridgehead atoms. The molecule has 0 aliphatic carbocycles. The first-order valence-electron chi connectivity index (χ1n) is 8.55. The van der Waals surface area contributed by atoms with E-state index in [4.69, 9.17) is 0 Å². The third-order valence-electron chi connectivity index (χ3n) is 5.26. The molecule has 0 aromatic heterocycles. The fourth-order valence-electron chi connectivity index (χ4n) is 3.85. The van der Waals surface area contributed by atoms with Gasteiger partial charge in [-0.3, -0.25) is 4.79 Å². The lowest BCUT2D eigenvalue weighted by atomic mass is 9.80. The highest BCUT2D eigenvalue weighted by Gasteiger charge is 2.46. The number of carbonyl (C=O) groups is 1. The summed E-state index contributed by atoms with van der Waals surface area (Å²) in [6.07, 6.45) is 1.89. The second-order valence-electron chi connectivity index (χ2n) is 7.10. The summed E-state index contributed by atoms with van der Waals surface area (Å²) in [5, 5.41) is 9.65. The Morgan fingerprint density at radius 1 is 1.12 bits per heavy atom. The third kappa shape index (κ3) is 2.97. The topological polar surface area (TPSA) is 87.3 Å². The Bertz CT molecular complexity index is 956. The van der Waals surface area contributed by atoms with Crippen molar-refractivity contribution in [3.05, 3.63) is 54.1 Å². The highest BCUT2D eigenvalue weighted by atomic mass is 32.2. The standard InChI is InChI=1S/C19H21N3O3S/c1-26(24,25)14-8-6-13(7-9-14)22-18(23)17-10-19(12-21-17)11-20-16-5-3-2-4-15(16)19/h2-9,17,20-21H,10-12H2,1H3,(H,22,23). The smallest absolute Gasteiger partial charge is 0.241 e. The second-order valence-corrected chi connectivity index (χ2v) is 9.12. The van der Waals surface area contributed by atoms with Crippen LogP contribution in [0.5, 0.6) is 0 Å². The van der Waals surface area contributed by atoms with Gasteiger partial charge in [-0.25, -0.2) is 8.42 Å². The number of fused-ring (bicyclic) bond motifs is 2. The molecule has 2 heterocycles. The maximum absolute atomic E-state index is 12.6. The highest BCUT2D eigenvalue weighted by Crippen LogP contribution is 2.42. The number of anilines is 2. The van der Waals surface area contributed by atoms with Gasteiger partial charge in [0.2, 0.25) is 5.91 Å². The monoisotopic (exact) mass is 371 g/mol. The van der Waals surface area contributed by atoms with Crippen LogP contribution in [-0.4, -0.2) is 39.7 Å². The number of nitrogens with one attached hydrogen (secondary N) is 3. The van der Waals surface area contributed by atoms with Gasteiger partial charge in [0, 0.05) is 36.1 Å². The summed E-state index contributed by atoms with van der Waals surface area (Å²) in [4.78, 5) is 12.9. The van der Waals surface area contributed by atoms with E-state index in [0.717, 1.165) is 31.5 Å². The third-order valence-corrected chi connectivity index (χ3v) is 6.39. The van der Waals surface area contributed by atoms with E-state index >= 15 is 0 Å². The molecule has 2 aromatic carbocycles. The van der Waals surface area contributed by atoms with Crippen LogP contribution in [0.3, 0.4) is 0 Å². The average Bonchev–Trinajstić information content (AvgIpc) is 3.21. The number of sulfone groups is 1. The molecule has 2 unspecified atom stereocenters. The SMILES string of the molecule is CS(=O)(=O)c1ccc(NC(=O)C2CC3(CNc4ccccc43)CN2)cc1. The average molecular weight is 371 g/mol. The molecule has 4 rings (SSSR count). The normalized spacial score (nSPS) is 24.3. The summed E-state index contributed by atoms with van der Waals surface area (Å²) in [7, 11) is -3.24. The highest BCUT2D eigenvalue weighted by molar-refractivity contribution is 7.90. The van der Waals surface area contributed by atoms with E-state index in [1.54, 1.807) is 12.1 Å². The van der Waals surface area contributed by atoms with E-state index < -0.39 is 9.84 Å².